The van der Waals surface area contributed by atoms with E-state index in [-0.39, 0.29) is 11.9 Å². The minimum Gasteiger partial charge on any atom is -0.378 e. The first-order valence-corrected chi connectivity index (χ1v) is 8.20. The Hall–Kier alpha value is -0.450. The van der Waals surface area contributed by atoms with Gasteiger partial charge in [-0.2, -0.15) is 0 Å². The highest BCUT2D eigenvalue weighted by molar-refractivity contribution is 9.10. The van der Waals surface area contributed by atoms with E-state index in [2.05, 4.69) is 35.1 Å². The van der Waals surface area contributed by atoms with Crippen molar-refractivity contribution >= 4 is 15.9 Å². The first-order chi connectivity index (χ1) is 9.63. The minimum absolute atomic E-state index is 0.188. The zero-order valence-corrected chi connectivity index (χ0v) is 13.7. The molecule has 0 spiro atoms. The molecule has 0 amide bonds. The van der Waals surface area contributed by atoms with Crippen LogP contribution in [0, 0.1) is 11.7 Å². The van der Waals surface area contributed by atoms with Crippen LogP contribution in [-0.4, -0.2) is 25.3 Å². The lowest BCUT2D eigenvalue weighted by atomic mass is 9.88. The van der Waals surface area contributed by atoms with Gasteiger partial charge in [-0.05, 0) is 60.3 Å². The summed E-state index contributed by atoms with van der Waals surface area (Å²) in [5.74, 6) is 0.309. The summed E-state index contributed by atoms with van der Waals surface area (Å²) in [6.45, 7) is 6.12. The number of benzene rings is 1. The minimum atomic E-state index is -0.188. The number of rotatable bonds is 6. The van der Waals surface area contributed by atoms with Gasteiger partial charge in [-0.15, -0.1) is 0 Å². The standard InChI is InChI=1S/C16H23BrFNO/c1-3-8-19-15(13-7-9-20-11(13)2)10-12-5-4-6-14(18)16(12)17/h4-6,11,13,15,19H,3,7-10H2,1-2H3. The van der Waals surface area contributed by atoms with E-state index >= 15 is 0 Å². The zero-order valence-electron chi connectivity index (χ0n) is 12.2. The van der Waals surface area contributed by atoms with Crippen molar-refractivity contribution in [3.8, 4) is 0 Å². The van der Waals surface area contributed by atoms with E-state index in [0.717, 1.165) is 38.0 Å². The summed E-state index contributed by atoms with van der Waals surface area (Å²) < 4.78 is 19.9. The summed E-state index contributed by atoms with van der Waals surface area (Å²) in [5.41, 5.74) is 1.03. The average molecular weight is 344 g/mol. The number of nitrogens with one attached hydrogen (secondary N) is 1. The van der Waals surface area contributed by atoms with Gasteiger partial charge in [-0.1, -0.05) is 19.1 Å². The Morgan fingerprint density at radius 1 is 1.50 bits per heavy atom. The molecule has 1 saturated heterocycles. The average Bonchev–Trinajstić information content (AvgIpc) is 2.85. The van der Waals surface area contributed by atoms with E-state index < -0.39 is 0 Å². The van der Waals surface area contributed by atoms with E-state index in [0.29, 0.717) is 16.4 Å². The first-order valence-electron chi connectivity index (χ1n) is 7.41. The van der Waals surface area contributed by atoms with E-state index in [1.165, 1.54) is 6.07 Å². The number of ether oxygens (including phenoxy) is 1. The monoisotopic (exact) mass is 343 g/mol. The van der Waals surface area contributed by atoms with Crippen LogP contribution in [0.4, 0.5) is 4.39 Å². The second-order valence-corrected chi connectivity index (χ2v) is 6.30. The molecule has 0 saturated carbocycles. The van der Waals surface area contributed by atoms with Crippen molar-refractivity contribution in [1.82, 2.24) is 5.32 Å². The maximum Gasteiger partial charge on any atom is 0.137 e. The third kappa shape index (κ3) is 3.80. The Kier molecular flexibility index (Phi) is 6.00. The lowest BCUT2D eigenvalue weighted by molar-refractivity contribution is 0.0953. The normalized spacial score (nSPS) is 24.0. The van der Waals surface area contributed by atoms with Gasteiger partial charge in [0, 0.05) is 18.6 Å². The van der Waals surface area contributed by atoms with Crippen molar-refractivity contribution in [2.24, 2.45) is 5.92 Å². The maximum atomic E-state index is 13.6. The van der Waals surface area contributed by atoms with Crippen molar-refractivity contribution < 1.29 is 9.13 Å². The van der Waals surface area contributed by atoms with Gasteiger partial charge in [0.1, 0.15) is 5.82 Å². The van der Waals surface area contributed by atoms with Crippen LogP contribution in [0.1, 0.15) is 32.3 Å². The van der Waals surface area contributed by atoms with Gasteiger partial charge in [0.25, 0.3) is 0 Å². The van der Waals surface area contributed by atoms with Crippen molar-refractivity contribution in [3.05, 3.63) is 34.1 Å². The molecule has 0 aliphatic carbocycles. The van der Waals surface area contributed by atoms with Gasteiger partial charge in [0.05, 0.1) is 10.6 Å². The first kappa shape index (κ1) is 15.9. The molecule has 0 bridgehead atoms. The second kappa shape index (κ2) is 7.53. The third-order valence-corrected chi connectivity index (χ3v) is 4.97. The smallest absolute Gasteiger partial charge is 0.137 e. The summed E-state index contributed by atoms with van der Waals surface area (Å²) in [6, 6.07) is 5.60. The summed E-state index contributed by atoms with van der Waals surface area (Å²) in [6.07, 6.45) is 3.28. The molecular formula is C16H23BrFNO. The highest BCUT2D eigenvalue weighted by Crippen LogP contribution is 2.28. The topological polar surface area (TPSA) is 21.3 Å². The van der Waals surface area contributed by atoms with Crippen LogP contribution in [-0.2, 0) is 11.2 Å². The molecule has 1 heterocycles. The van der Waals surface area contributed by atoms with Crippen LogP contribution in [0.2, 0.25) is 0 Å². The van der Waals surface area contributed by atoms with Gasteiger partial charge in [-0.25, -0.2) is 4.39 Å². The Morgan fingerprint density at radius 2 is 2.30 bits per heavy atom. The van der Waals surface area contributed by atoms with E-state index in [9.17, 15) is 4.39 Å². The van der Waals surface area contributed by atoms with Gasteiger partial charge >= 0.3 is 0 Å². The molecule has 4 heteroatoms. The van der Waals surface area contributed by atoms with Crippen molar-refractivity contribution in [3.63, 3.8) is 0 Å². The number of halogens is 2. The van der Waals surface area contributed by atoms with E-state index in [4.69, 9.17) is 4.74 Å². The van der Waals surface area contributed by atoms with Gasteiger partial charge in [0.15, 0.2) is 0 Å². The molecule has 0 radical (unpaired) electrons. The Bertz CT molecular complexity index is 440. The fourth-order valence-corrected chi connectivity index (χ4v) is 3.35. The van der Waals surface area contributed by atoms with Crippen molar-refractivity contribution in [1.29, 1.82) is 0 Å². The Balaban J connectivity index is 2.12. The summed E-state index contributed by atoms with van der Waals surface area (Å²) in [5, 5.41) is 3.61. The SMILES string of the molecule is CCCNC(Cc1cccc(F)c1Br)C1CCOC1C. The van der Waals surface area contributed by atoms with E-state index in [1.54, 1.807) is 6.07 Å². The molecule has 1 aromatic carbocycles. The molecule has 1 aromatic rings. The third-order valence-electron chi connectivity index (χ3n) is 4.08. The molecule has 2 rings (SSSR count). The van der Waals surface area contributed by atoms with E-state index in [1.807, 2.05) is 6.07 Å². The second-order valence-electron chi connectivity index (χ2n) is 5.51. The van der Waals surface area contributed by atoms with Crippen LogP contribution < -0.4 is 5.32 Å². The predicted molar refractivity (Wildman–Crippen MR) is 83.4 cm³/mol. The Morgan fingerprint density at radius 3 is 2.95 bits per heavy atom. The summed E-state index contributed by atoms with van der Waals surface area (Å²) >= 11 is 3.37. The van der Waals surface area contributed by atoms with Crippen molar-refractivity contribution in [2.45, 2.75) is 45.3 Å². The molecule has 1 aliphatic heterocycles. The zero-order chi connectivity index (χ0) is 14.5. The molecule has 112 valence electrons. The van der Waals surface area contributed by atoms with Crippen LogP contribution in [0.5, 0.6) is 0 Å². The highest BCUT2D eigenvalue weighted by Gasteiger charge is 2.31. The summed E-state index contributed by atoms with van der Waals surface area (Å²) in [7, 11) is 0. The summed E-state index contributed by atoms with van der Waals surface area (Å²) in [4.78, 5) is 0. The molecule has 0 aromatic heterocycles. The van der Waals surface area contributed by atoms with Crippen molar-refractivity contribution in [2.75, 3.05) is 13.2 Å². The van der Waals surface area contributed by atoms with Crippen LogP contribution in [0.15, 0.2) is 22.7 Å². The van der Waals surface area contributed by atoms with Crippen LogP contribution in [0.25, 0.3) is 0 Å². The maximum absolute atomic E-state index is 13.6. The number of hydrogen-bond donors (Lipinski definition) is 1. The lowest BCUT2D eigenvalue weighted by Gasteiger charge is -2.27. The highest BCUT2D eigenvalue weighted by atomic mass is 79.9. The predicted octanol–water partition coefficient (Wildman–Crippen LogP) is 3.92. The van der Waals surface area contributed by atoms with Gasteiger partial charge < -0.3 is 10.1 Å². The molecule has 3 unspecified atom stereocenters. The van der Waals surface area contributed by atoms with Gasteiger partial charge in [-0.3, -0.25) is 0 Å². The largest absolute Gasteiger partial charge is 0.378 e. The Labute approximate surface area is 129 Å². The van der Waals surface area contributed by atoms with Crippen LogP contribution in [0.3, 0.4) is 0 Å². The molecule has 1 aliphatic rings. The van der Waals surface area contributed by atoms with Gasteiger partial charge in [0.2, 0.25) is 0 Å². The molecule has 1 fully saturated rings. The number of hydrogen-bond acceptors (Lipinski definition) is 2. The molecule has 1 N–H and O–H groups in total. The molecule has 20 heavy (non-hydrogen) atoms. The van der Waals surface area contributed by atoms with Crippen LogP contribution >= 0.6 is 15.9 Å². The lowest BCUT2D eigenvalue weighted by Crippen LogP contribution is -2.41. The molecule has 3 atom stereocenters. The fourth-order valence-electron chi connectivity index (χ4n) is 2.92. The molecular weight excluding hydrogens is 321 g/mol. The molecule has 2 nitrogen and oxygen atoms in total. The quantitative estimate of drug-likeness (QED) is 0.845. The fraction of sp³-hybridized carbons (Fsp3) is 0.625.